The average Bonchev–Trinajstić information content (AvgIpc) is 2.44. The van der Waals surface area contributed by atoms with Crippen molar-refractivity contribution in [1.29, 1.82) is 0 Å². The summed E-state index contributed by atoms with van der Waals surface area (Å²) in [6.07, 6.45) is 0. The zero-order valence-electron chi connectivity index (χ0n) is 7.28. The maximum atomic E-state index is 11.3. The number of hydrogen-bond acceptors (Lipinski definition) is 3. The number of rotatable bonds is 1. The molecule has 0 unspecified atom stereocenters. The van der Waals surface area contributed by atoms with E-state index in [1.54, 1.807) is 18.2 Å². The molecule has 0 spiro atoms. The maximum Gasteiger partial charge on any atom is 0.314 e. The highest BCUT2D eigenvalue weighted by Crippen LogP contribution is 2.38. The molecule has 72 valence electrons. The van der Waals surface area contributed by atoms with Gasteiger partial charge >= 0.3 is 5.91 Å². The first-order valence-corrected chi connectivity index (χ1v) is 4.22. The number of methoxy groups -OCH3 is 1. The number of carbonyl (C=O) groups excluding carboxylic acids is 2. The molecule has 1 aromatic rings. The van der Waals surface area contributed by atoms with Gasteiger partial charge in [0, 0.05) is 11.8 Å². The third kappa shape index (κ3) is 1.01. The van der Waals surface area contributed by atoms with Crippen molar-refractivity contribution < 1.29 is 14.3 Å². The van der Waals surface area contributed by atoms with E-state index >= 15 is 0 Å². The number of halogens is 1. The molecule has 1 aromatic carbocycles. The summed E-state index contributed by atoms with van der Waals surface area (Å²) in [5, 5.41) is 0. The molecule has 0 radical (unpaired) electrons. The average molecular weight is 212 g/mol. The SMILES string of the molecule is COc1cccc2c1N(Cl)C(=O)C2=O. The first kappa shape index (κ1) is 9.02. The van der Waals surface area contributed by atoms with Crippen molar-refractivity contribution >= 4 is 29.2 Å². The summed E-state index contributed by atoms with van der Waals surface area (Å²) in [5.41, 5.74) is 0.607. The minimum atomic E-state index is -0.744. The van der Waals surface area contributed by atoms with Gasteiger partial charge in [0.25, 0.3) is 5.78 Å². The zero-order valence-corrected chi connectivity index (χ0v) is 8.04. The Morgan fingerprint density at radius 1 is 1.36 bits per heavy atom. The normalized spacial score (nSPS) is 14.6. The number of hydrogen-bond donors (Lipinski definition) is 0. The Bertz CT molecular complexity index is 430. The van der Waals surface area contributed by atoms with E-state index in [1.807, 2.05) is 0 Å². The van der Waals surface area contributed by atoms with Gasteiger partial charge in [-0.05, 0) is 12.1 Å². The highest BCUT2D eigenvalue weighted by molar-refractivity contribution is 6.61. The lowest BCUT2D eigenvalue weighted by molar-refractivity contribution is -0.113. The van der Waals surface area contributed by atoms with Crippen molar-refractivity contribution in [1.82, 2.24) is 0 Å². The summed E-state index contributed by atoms with van der Waals surface area (Å²) in [6.45, 7) is 0. The molecule has 0 fully saturated rings. The number of ether oxygens (including phenoxy) is 1. The lowest BCUT2D eigenvalue weighted by Gasteiger charge is -2.09. The summed E-state index contributed by atoms with van der Waals surface area (Å²) in [6, 6.07) is 4.82. The molecular formula is C9H6ClNO3. The summed E-state index contributed by atoms with van der Waals surface area (Å²) < 4.78 is 5.78. The third-order valence-corrected chi connectivity index (χ3v) is 2.35. The van der Waals surface area contributed by atoms with Crippen LogP contribution in [0.1, 0.15) is 10.4 Å². The molecule has 0 aromatic heterocycles. The first-order valence-electron chi connectivity index (χ1n) is 3.88. The van der Waals surface area contributed by atoms with Crippen molar-refractivity contribution in [3.63, 3.8) is 0 Å². The van der Waals surface area contributed by atoms with Crippen LogP contribution in [0.2, 0.25) is 0 Å². The highest BCUT2D eigenvalue weighted by Gasteiger charge is 2.37. The first-order chi connectivity index (χ1) is 6.66. The van der Waals surface area contributed by atoms with Crippen molar-refractivity contribution in [2.45, 2.75) is 0 Å². The van der Waals surface area contributed by atoms with Crippen LogP contribution >= 0.6 is 11.8 Å². The van der Waals surface area contributed by atoms with E-state index in [1.165, 1.54) is 7.11 Å². The predicted octanol–water partition coefficient (Wildman–Crippen LogP) is 1.38. The number of ketones is 1. The molecule has 0 saturated carbocycles. The number of nitrogens with zero attached hydrogens (tertiary/aromatic N) is 1. The predicted molar refractivity (Wildman–Crippen MR) is 50.7 cm³/mol. The van der Waals surface area contributed by atoms with Crippen LogP contribution in [0.15, 0.2) is 18.2 Å². The van der Waals surface area contributed by atoms with Gasteiger partial charge < -0.3 is 4.74 Å². The van der Waals surface area contributed by atoms with Gasteiger partial charge in [-0.25, -0.2) is 4.42 Å². The zero-order chi connectivity index (χ0) is 10.3. The molecular weight excluding hydrogens is 206 g/mol. The Morgan fingerprint density at radius 2 is 2.07 bits per heavy atom. The molecule has 14 heavy (non-hydrogen) atoms. The van der Waals surface area contributed by atoms with Crippen LogP contribution in [0, 0.1) is 0 Å². The van der Waals surface area contributed by atoms with E-state index in [0.29, 0.717) is 11.4 Å². The fourth-order valence-electron chi connectivity index (χ4n) is 1.38. The van der Waals surface area contributed by atoms with E-state index < -0.39 is 11.7 Å². The standard InChI is InChI=1S/C9H6ClNO3/c1-14-6-4-2-3-5-7(6)11(10)9(13)8(5)12/h2-4H,1H3. The van der Waals surface area contributed by atoms with E-state index in [4.69, 9.17) is 16.5 Å². The van der Waals surface area contributed by atoms with Crippen molar-refractivity contribution in [3.05, 3.63) is 23.8 Å². The molecule has 0 saturated heterocycles. The van der Waals surface area contributed by atoms with E-state index in [-0.39, 0.29) is 5.56 Å². The monoisotopic (exact) mass is 211 g/mol. The van der Waals surface area contributed by atoms with Gasteiger partial charge in [-0.1, -0.05) is 6.07 Å². The lowest BCUT2D eigenvalue weighted by Crippen LogP contribution is -2.19. The second kappa shape index (κ2) is 2.99. The molecule has 0 atom stereocenters. The Kier molecular flexibility index (Phi) is 1.93. The second-order valence-corrected chi connectivity index (χ2v) is 3.11. The molecule has 1 aliphatic heterocycles. The minimum Gasteiger partial charge on any atom is -0.494 e. The molecule has 1 aliphatic rings. The fourth-order valence-corrected chi connectivity index (χ4v) is 1.63. The van der Waals surface area contributed by atoms with Crippen molar-refractivity contribution in [2.75, 3.05) is 11.5 Å². The van der Waals surface area contributed by atoms with Gasteiger partial charge in [0.2, 0.25) is 0 Å². The van der Waals surface area contributed by atoms with Crippen LogP contribution in [-0.2, 0) is 4.79 Å². The quantitative estimate of drug-likeness (QED) is 0.521. The summed E-state index contributed by atoms with van der Waals surface area (Å²) >= 11 is 5.65. The van der Waals surface area contributed by atoms with Gasteiger partial charge in [-0.2, -0.15) is 0 Å². The molecule has 1 heterocycles. The number of anilines is 1. The van der Waals surface area contributed by atoms with Crippen molar-refractivity contribution in [3.8, 4) is 5.75 Å². The van der Waals surface area contributed by atoms with E-state index in [0.717, 1.165) is 4.42 Å². The van der Waals surface area contributed by atoms with Crippen LogP contribution in [-0.4, -0.2) is 18.8 Å². The Morgan fingerprint density at radius 3 is 2.71 bits per heavy atom. The minimum absolute atomic E-state index is 0.282. The van der Waals surface area contributed by atoms with Crippen LogP contribution in [0.5, 0.6) is 5.75 Å². The van der Waals surface area contributed by atoms with Crippen LogP contribution in [0.3, 0.4) is 0 Å². The Labute approximate surface area is 85.1 Å². The summed E-state index contributed by atoms with van der Waals surface area (Å²) in [5.74, 6) is -0.934. The number of carbonyl (C=O) groups is 2. The second-order valence-electron chi connectivity index (χ2n) is 2.77. The molecule has 4 nitrogen and oxygen atoms in total. The van der Waals surface area contributed by atoms with Crippen molar-refractivity contribution in [2.24, 2.45) is 0 Å². The molecule has 2 rings (SSSR count). The van der Waals surface area contributed by atoms with E-state index in [2.05, 4.69) is 0 Å². The number of amides is 1. The highest BCUT2D eigenvalue weighted by atomic mass is 35.5. The molecule has 5 heteroatoms. The summed E-state index contributed by atoms with van der Waals surface area (Å²) in [7, 11) is 1.45. The van der Waals surface area contributed by atoms with Gasteiger partial charge in [0.05, 0.1) is 12.7 Å². The lowest BCUT2D eigenvalue weighted by atomic mass is 10.1. The van der Waals surface area contributed by atoms with E-state index in [9.17, 15) is 9.59 Å². The van der Waals surface area contributed by atoms with Gasteiger partial charge in [0.1, 0.15) is 11.4 Å². The number of benzene rings is 1. The van der Waals surface area contributed by atoms with Crippen LogP contribution < -0.4 is 9.16 Å². The largest absolute Gasteiger partial charge is 0.494 e. The molecule has 0 N–H and O–H groups in total. The van der Waals surface area contributed by atoms with Gasteiger partial charge in [-0.3, -0.25) is 9.59 Å². The Balaban J connectivity index is 2.68. The van der Waals surface area contributed by atoms with Gasteiger partial charge in [0.15, 0.2) is 0 Å². The molecule has 0 bridgehead atoms. The molecule has 1 amide bonds. The smallest absolute Gasteiger partial charge is 0.314 e. The van der Waals surface area contributed by atoms with Gasteiger partial charge in [-0.15, -0.1) is 0 Å². The third-order valence-electron chi connectivity index (χ3n) is 2.03. The Hall–Kier alpha value is -1.55. The summed E-state index contributed by atoms with van der Waals surface area (Å²) in [4.78, 5) is 22.6. The topological polar surface area (TPSA) is 46.6 Å². The number of para-hydroxylation sites is 1. The van der Waals surface area contributed by atoms with Crippen LogP contribution in [0.4, 0.5) is 5.69 Å². The maximum absolute atomic E-state index is 11.3. The number of Topliss-reactive ketones (excluding diaryl/α,β-unsaturated/α-hetero) is 1. The fraction of sp³-hybridized carbons (Fsp3) is 0.111. The van der Waals surface area contributed by atoms with Crippen LogP contribution in [0.25, 0.3) is 0 Å². The molecule has 0 aliphatic carbocycles. The number of fused-ring (bicyclic) bond motifs is 1.